The van der Waals surface area contributed by atoms with Crippen molar-refractivity contribution in [3.63, 3.8) is 0 Å². The quantitative estimate of drug-likeness (QED) is 0.853. The summed E-state index contributed by atoms with van der Waals surface area (Å²) < 4.78 is 37.5. The van der Waals surface area contributed by atoms with Crippen molar-refractivity contribution in [3.05, 3.63) is 0 Å². The normalized spacial score (nSPS) is 29.0. The molecule has 1 N–H and O–H groups in total. The monoisotopic (exact) mass is 271 g/mol. The summed E-state index contributed by atoms with van der Waals surface area (Å²) in [6.45, 7) is 4.45. The largest absolute Gasteiger partial charge is 0.481 e. The molecule has 0 aromatic carbocycles. The fourth-order valence-corrected chi connectivity index (χ4v) is 3.40. The summed E-state index contributed by atoms with van der Waals surface area (Å²) in [6, 6.07) is 0. The Hall–Kier alpha value is -0.430. The van der Waals surface area contributed by atoms with Gasteiger partial charge in [-0.05, 0) is 0 Å². The fraction of sp³-hybridized carbons (Fsp3) is 0.900. The van der Waals surface area contributed by atoms with E-state index in [9.17, 15) is 18.0 Å². The molecular formula is C10H16F3NO2S. The summed E-state index contributed by atoms with van der Waals surface area (Å²) in [5.74, 6) is -4.08. The molecule has 1 fully saturated rings. The molecule has 0 amide bonds. The molecule has 1 heterocycles. The molecule has 0 spiro atoms. The van der Waals surface area contributed by atoms with Crippen molar-refractivity contribution in [2.24, 2.45) is 5.92 Å². The van der Waals surface area contributed by atoms with Crippen LogP contribution < -0.4 is 0 Å². The highest BCUT2D eigenvalue weighted by molar-refractivity contribution is 8.00. The maximum absolute atomic E-state index is 12.5. The van der Waals surface area contributed by atoms with Crippen LogP contribution in [0.25, 0.3) is 0 Å². The molecule has 0 aliphatic carbocycles. The summed E-state index contributed by atoms with van der Waals surface area (Å²) in [4.78, 5) is 12.2. The number of hydrogen-bond donors (Lipinski definition) is 1. The molecule has 1 aliphatic heterocycles. The summed E-state index contributed by atoms with van der Waals surface area (Å²) in [5.41, 5.74) is 0. The van der Waals surface area contributed by atoms with Gasteiger partial charge >= 0.3 is 12.1 Å². The van der Waals surface area contributed by atoms with E-state index in [4.69, 9.17) is 5.11 Å². The number of carboxylic acid groups (broad SMARTS) is 1. The second-order valence-corrected chi connectivity index (χ2v) is 6.29. The van der Waals surface area contributed by atoms with Gasteiger partial charge in [-0.3, -0.25) is 9.69 Å². The van der Waals surface area contributed by atoms with E-state index in [-0.39, 0.29) is 10.5 Å². The number of thioether (sulfide) groups is 1. The van der Waals surface area contributed by atoms with Gasteiger partial charge in [0.1, 0.15) is 0 Å². The third-order valence-electron chi connectivity index (χ3n) is 2.63. The summed E-state index contributed by atoms with van der Waals surface area (Å²) in [6.07, 6.45) is -4.68. The lowest BCUT2D eigenvalue weighted by Gasteiger charge is -2.36. The van der Waals surface area contributed by atoms with Crippen LogP contribution >= 0.6 is 11.8 Å². The van der Waals surface area contributed by atoms with Gasteiger partial charge in [0.05, 0.1) is 0 Å². The first-order valence-corrected chi connectivity index (χ1v) is 6.31. The Balaban J connectivity index is 2.64. The van der Waals surface area contributed by atoms with Gasteiger partial charge in [-0.2, -0.15) is 24.9 Å². The van der Waals surface area contributed by atoms with E-state index < -0.39 is 24.6 Å². The minimum Gasteiger partial charge on any atom is -0.481 e. The standard InChI is InChI=1S/C10H16F3NO2S/c1-6-3-14(4-7(2)17-6)5-8(9(15)16)10(11,12)13/h6-8H,3-5H2,1-2H3,(H,15,16). The maximum atomic E-state index is 12.5. The van der Waals surface area contributed by atoms with Crippen LogP contribution in [0.3, 0.4) is 0 Å². The Morgan fingerprint density at radius 2 is 1.88 bits per heavy atom. The van der Waals surface area contributed by atoms with Crippen molar-refractivity contribution in [1.82, 2.24) is 4.90 Å². The lowest BCUT2D eigenvalue weighted by atomic mass is 10.1. The van der Waals surface area contributed by atoms with Crippen LogP contribution in [0.15, 0.2) is 0 Å². The molecule has 1 aliphatic rings. The Morgan fingerprint density at radius 3 is 2.24 bits per heavy atom. The van der Waals surface area contributed by atoms with Crippen LogP contribution in [0.5, 0.6) is 0 Å². The smallest absolute Gasteiger partial charge is 0.403 e. The Morgan fingerprint density at radius 1 is 1.41 bits per heavy atom. The highest BCUT2D eigenvalue weighted by atomic mass is 32.2. The molecule has 7 heteroatoms. The van der Waals surface area contributed by atoms with Crippen molar-refractivity contribution >= 4 is 17.7 Å². The van der Waals surface area contributed by atoms with Crippen LogP contribution in [0.2, 0.25) is 0 Å². The van der Waals surface area contributed by atoms with E-state index in [2.05, 4.69) is 0 Å². The first kappa shape index (κ1) is 14.6. The van der Waals surface area contributed by atoms with Gasteiger partial charge in [0, 0.05) is 30.1 Å². The van der Waals surface area contributed by atoms with Crippen molar-refractivity contribution in [3.8, 4) is 0 Å². The number of aliphatic carboxylic acids is 1. The predicted molar refractivity (Wildman–Crippen MR) is 60.1 cm³/mol. The first-order valence-electron chi connectivity index (χ1n) is 5.37. The minimum absolute atomic E-state index is 0.237. The summed E-state index contributed by atoms with van der Waals surface area (Å²) >= 11 is 1.72. The topological polar surface area (TPSA) is 40.5 Å². The predicted octanol–water partition coefficient (Wildman–Crippen LogP) is 2.08. The van der Waals surface area contributed by atoms with Crippen molar-refractivity contribution in [2.45, 2.75) is 30.5 Å². The molecule has 1 saturated heterocycles. The number of rotatable bonds is 3. The third kappa shape index (κ3) is 4.39. The number of alkyl halides is 3. The van der Waals surface area contributed by atoms with E-state index in [0.717, 1.165) is 0 Å². The second-order valence-electron chi connectivity index (χ2n) is 4.41. The van der Waals surface area contributed by atoms with Crippen LogP contribution in [0, 0.1) is 5.92 Å². The van der Waals surface area contributed by atoms with Crippen LogP contribution in [0.1, 0.15) is 13.8 Å². The lowest BCUT2D eigenvalue weighted by Crippen LogP contribution is -2.47. The van der Waals surface area contributed by atoms with E-state index >= 15 is 0 Å². The molecule has 0 radical (unpaired) electrons. The third-order valence-corrected chi connectivity index (χ3v) is 3.86. The maximum Gasteiger partial charge on any atom is 0.403 e. The van der Waals surface area contributed by atoms with E-state index in [1.165, 1.54) is 0 Å². The lowest BCUT2D eigenvalue weighted by molar-refractivity contribution is -0.196. The average Bonchev–Trinajstić information content (AvgIpc) is 2.10. The number of hydrogen-bond acceptors (Lipinski definition) is 3. The Kier molecular flexibility index (Phi) is 4.71. The average molecular weight is 271 g/mol. The van der Waals surface area contributed by atoms with Crippen LogP contribution in [-0.4, -0.2) is 52.3 Å². The van der Waals surface area contributed by atoms with E-state index in [1.54, 1.807) is 16.7 Å². The van der Waals surface area contributed by atoms with Crippen molar-refractivity contribution < 1.29 is 23.1 Å². The highest BCUT2D eigenvalue weighted by Gasteiger charge is 2.46. The number of nitrogens with zero attached hydrogens (tertiary/aromatic N) is 1. The van der Waals surface area contributed by atoms with Crippen molar-refractivity contribution in [1.29, 1.82) is 0 Å². The molecule has 0 saturated carbocycles. The summed E-state index contributed by atoms with van der Waals surface area (Å²) in [5, 5.41) is 9.09. The van der Waals surface area contributed by atoms with Gasteiger partial charge in [-0.15, -0.1) is 0 Å². The fourth-order valence-electron chi connectivity index (χ4n) is 2.01. The van der Waals surface area contributed by atoms with Gasteiger partial charge in [-0.25, -0.2) is 0 Å². The van der Waals surface area contributed by atoms with Gasteiger partial charge in [-0.1, -0.05) is 13.8 Å². The molecule has 3 atom stereocenters. The second kappa shape index (κ2) is 5.48. The Bertz CT molecular complexity index is 275. The van der Waals surface area contributed by atoms with Crippen molar-refractivity contribution in [2.75, 3.05) is 19.6 Å². The van der Waals surface area contributed by atoms with Gasteiger partial charge in [0.2, 0.25) is 0 Å². The van der Waals surface area contributed by atoms with Crippen LogP contribution in [0.4, 0.5) is 13.2 Å². The highest BCUT2D eigenvalue weighted by Crippen LogP contribution is 2.30. The van der Waals surface area contributed by atoms with E-state index in [0.29, 0.717) is 13.1 Å². The SMILES string of the molecule is CC1CN(CC(C(=O)O)C(F)(F)F)CC(C)S1. The van der Waals surface area contributed by atoms with Gasteiger partial charge in [0.25, 0.3) is 0 Å². The molecule has 0 bridgehead atoms. The first-order chi connectivity index (χ1) is 7.70. The molecular weight excluding hydrogens is 255 g/mol. The van der Waals surface area contributed by atoms with Crippen LogP contribution in [-0.2, 0) is 4.79 Å². The zero-order chi connectivity index (χ0) is 13.2. The Labute approximate surface area is 102 Å². The van der Waals surface area contributed by atoms with Gasteiger partial charge < -0.3 is 5.11 Å². The number of carboxylic acids is 1. The summed E-state index contributed by atoms with van der Waals surface area (Å²) in [7, 11) is 0. The molecule has 17 heavy (non-hydrogen) atoms. The number of carbonyl (C=O) groups is 1. The molecule has 0 aromatic heterocycles. The zero-order valence-electron chi connectivity index (χ0n) is 9.70. The molecule has 1 rings (SSSR count). The van der Waals surface area contributed by atoms with Gasteiger partial charge in [0.15, 0.2) is 5.92 Å². The molecule has 100 valence electrons. The molecule has 3 unspecified atom stereocenters. The van der Waals surface area contributed by atoms with E-state index in [1.807, 2.05) is 13.8 Å². The molecule has 3 nitrogen and oxygen atoms in total. The zero-order valence-corrected chi connectivity index (χ0v) is 10.5. The number of halogens is 3. The molecule has 0 aromatic rings. The minimum atomic E-state index is -4.68.